The number of hydrogen-bond acceptors (Lipinski definition) is 5. The Morgan fingerprint density at radius 2 is 1.16 bits per heavy atom. The van der Waals surface area contributed by atoms with Gasteiger partial charge in [0, 0.05) is 41.9 Å². The van der Waals surface area contributed by atoms with Crippen LogP contribution in [0.25, 0.3) is 0 Å². The van der Waals surface area contributed by atoms with Gasteiger partial charge in [-0.25, -0.2) is 0 Å². The number of carbonyl (C=O) groups is 1. The van der Waals surface area contributed by atoms with E-state index in [0.717, 1.165) is 34.1 Å². The minimum absolute atomic E-state index is 0.0677. The van der Waals surface area contributed by atoms with Crippen LogP contribution in [0.1, 0.15) is 10.4 Å². The molecule has 0 radical (unpaired) electrons. The summed E-state index contributed by atoms with van der Waals surface area (Å²) in [5.74, 6) is 1.57. The molecule has 1 amide bonds. The maximum absolute atomic E-state index is 13.7. The van der Waals surface area contributed by atoms with E-state index in [-0.39, 0.29) is 5.91 Å². The maximum atomic E-state index is 13.7. The van der Waals surface area contributed by atoms with E-state index in [0.29, 0.717) is 25.3 Å². The molecule has 1 fully saturated rings. The summed E-state index contributed by atoms with van der Waals surface area (Å²) in [6.45, 7) is 2.07. The topological polar surface area (TPSA) is 45.2 Å². The van der Waals surface area contributed by atoms with Gasteiger partial charge in [0.2, 0.25) is 0 Å². The quantitative estimate of drug-likeness (QED) is 0.298. The van der Waals surface area contributed by atoms with Crippen LogP contribution in [-0.2, 0) is 0 Å². The zero-order valence-electron chi connectivity index (χ0n) is 21.7. The summed E-state index contributed by atoms with van der Waals surface area (Å²) in [7, 11) is 3.34. The molecule has 192 valence electrons. The van der Waals surface area contributed by atoms with Crippen molar-refractivity contribution >= 4 is 23.0 Å². The summed E-state index contributed by atoms with van der Waals surface area (Å²) in [5, 5.41) is 0. The molecule has 0 aliphatic carbocycles. The van der Waals surface area contributed by atoms with Gasteiger partial charge in [0.05, 0.1) is 20.9 Å². The van der Waals surface area contributed by atoms with Gasteiger partial charge in [-0.1, -0.05) is 36.4 Å². The fourth-order valence-electron chi connectivity index (χ4n) is 4.60. The van der Waals surface area contributed by atoms with Crippen molar-refractivity contribution in [1.82, 2.24) is 0 Å². The minimum Gasteiger partial charge on any atom is -0.497 e. The first-order valence-electron chi connectivity index (χ1n) is 12.6. The second-order valence-electron chi connectivity index (χ2n) is 9.10. The van der Waals surface area contributed by atoms with Gasteiger partial charge in [-0.15, -0.1) is 0 Å². The van der Waals surface area contributed by atoms with Gasteiger partial charge in [-0.05, 0) is 78.4 Å². The lowest BCUT2D eigenvalue weighted by Crippen LogP contribution is -2.47. The third kappa shape index (κ3) is 5.65. The van der Waals surface area contributed by atoms with Crippen LogP contribution in [0.2, 0.25) is 0 Å². The zero-order chi connectivity index (χ0) is 26.3. The molecule has 1 aliphatic rings. The van der Waals surface area contributed by atoms with Gasteiger partial charge in [0.25, 0.3) is 5.91 Å². The summed E-state index contributed by atoms with van der Waals surface area (Å²) in [5.41, 5.74) is 4.73. The summed E-state index contributed by atoms with van der Waals surface area (Å²) in [6, 6.07) is 35.3. The number of benzene rings is 4. The molecule has 0 N–H and O–H groups in total. The third-order valence-corrected chi connectivity index (χ3v) is 6.59. The zero-order valence-corrected chi connectivity index (χ0v) is 21.7. The number of hydrogen-bond donors (Lipinski definition) is 0. The van der Waals surface area contributed by atoms with Gasteiger partial charge >= 0.3 is 0 Å². The first-order chi connectivity index (χ1) is 18.6. The SMILES string of the molecule is COc1ccc(N2CC(=CN(C(=O)c3ccccc3)c3ccccc3)CN(c3ccc(OC)cc3)C2)cc1. The van der Waals surface area contributed by atoms with Crippen LogP contribution in [0.3, 0.4) is 0 Å². The fourth-order valence-corrected chi connectivity index (χ4v) is 4.60. The van der Waals surface area contributed by atoms with Crippen molar-refractivity contribution in [2.24, 2.45) is 0 Å². The van der Waals surface area contributed by atoms with Crippen molar-refractivity contribution in [2.45, 2.75) is 0 Å². The molecular formula is C32H31N3O3. The van der Waals surface area contributed by atoms with Crippen LogP contribution in [0.15, 0.2) is 121 Å². The predicted octanol–water partition coefficient (Wildman–Crippen LogP) is 6.22. The normalized spacial score (nSPS) is 13.2. The second kappa shape index (κ2) is 11.6. The predicted molar refractivity (Wildman–Crippen MR) is 153 cm³/mol. The Morgan fingerprint density at radius 3 is 1.63 bits per heavy atom. The van der Waals surface area contributed by atoms with Crippen molar-refractivity contribution in [1.29, 1.82) is 0 Å². The van der Waals surface area contributed by atoms with E-state index in [2.05, 4.69) is 34.1 Å². The Kier molecular flexibility index (Phi) is 7.59. The highest BCUT2D eigenvalue weighted by Crippen LogP contribution is 2.29. The minimum atomic E-state index is -0.0677. The van der Waals surface area contributed by atoms with Crippen LogP contribution in [0.5, 0.6) is 11.5 Å². The Bertz CT molecular complexity index is 1310. The third-order valence-electron chi connectivity index (χ3n) is 6.59. The highest BCUT2D eigenvalue weighted by atomic mass is 16.5. The second-order valence-corrected chi connectivity index (χ2v) is 9.10. The standard InChI is InChI=1S/C32H31N3O3/c1-37-30-17-13-27(14-18-30)33-21-25(22-34(24-33)28-15-19-31(38-2)20-16-28)23-35(29-11-7-4-8-12-29)32(36)26-9-5-3-6-10-26/h3-20,23H,21-22,24H2,1-2H3. The molecule has 1 heterocycles. The number of nitrogens with zero attached hydrogens (tertiary/aromatic N) is 3. The fraction of sp³-hybridized carbons (Fsp3) is 0.156. The van der Waals surface area contributed by atoms with Crippen LogP contribution < -0.4 is 24.2 Å². The van der Waals surface area contributed by atoms with Gasteiger partial charge in [-0.3, -0.25) is 9.69 Å². The molecule has 0 bridgehead atoms. The number of methoxy groups -OCH3 is 2. The molecule has 6 heteroatoms. The van der Waals surface area contributed by atoms with Crippen molar-refractivity contribution in [3.8, 4) is 11.5 Å². The van der Waals surface area contributed by atoms with Crippen molar-refractivity contribution in [3.05, 3.63) is 127 Å². The van der Waals surface area contributed by atoms with E-state index in [1.807, 2.05) is 91.1 Å². The molecule has 5 rings (SSSR count). The van der Waals surface area contributed by atoms with E-state index < -0.39 is 0 Å². The maximum Gasteiger partial charge on any atom is 0.262 e. The van der Waals surface area contributed by atoms with Crippen LogP contribution in [0.4, 0.5) is 17.1 Å². The van der Waals surface area contributed by atoms with Crippen molar-refractivity contribution in [2.75, 3.05) is 48.7 Å². The molecule has 1 saturated heterocycles. The molecule has 0 aromatic heterocycles. The molecular weight excluding hydrogens is 474 g/mol. The number of carbonyl (C=O) groups excluding carboxylic acids is 1. The average Bonchev–Trinajstić information content (AvgIpc) is 3.00. The molecule has 4 aromatic rings. The Hall–Kier alpha value is -4.71. The highest BCUT2D eigenvalue weighted by Gasteiger charge is 2.24. The number of ether oxygens (including phenoxy) is 2. The number of para-hydroxylation sites is 1. The van der Waals surface area contributed by atoms with Crippen LogP contribution in [0, 0.1) is 0 Å². The molecule has 38 heavy (non-hydrogen) atoms. The summed E-state index contributed by atoms with van der Waals surface area (Å²) in [6.07, 6.45) is 2.00. The number of amides is 1. The van der Waals surface area contributed by atoms with Gasteiger partial charge < -0.3 is 19.3 Å². The number of rotatable bonds is 7. The molecule has 0 unspecified atom stereocenters. The van der Waals surface area contributed by atoms with E-state index in [1.54, 1.807) is 19.1 Å². The van der Waals surface area contributed by atoms with E-state index in [4.69, 9.17) is 9.47 Å². The van der Waals surface area contributed by atoms with E-state index in [1.165, 1.54) is 0 Å². The van der Waals surface area contributed by atoms with E-state index >= 15 is 0 Å². The van der Waals surface area contributed by atoms with Crippen molar-refractivity contribution in [3.63, 3.8) is 0 Å². The van der Waals surface area contributed by atoms with Gasteiger partial charge in [0.15, 0.2) is 0 Å². The summed E-state index contributed by atoms with van der Waals surface area (Å²) < 4.78 is 10.7. The molecule has 1 aliphatic heterocycles. The van der Waals surface area contributed by atoms with Crippen LogP contribution in [-0.4, -0.2) is 39.9 Å². The largest absolute Gasteiger partial charge is 0.497 e. The summed E-state index contributed by atoms with van der Waals surface area (Å²) in [4.78, 5) is 20.0. The molecule has 0 spiro atoms. The first kappa shape index (κ1) is 25.0. The lowest BCUT2D eigenvalue weighted by atomic mass is 10.1. The van der Waals surface area contributed by atoms with E-state index in [9.17, 15) is 4.79 Å². The molecule has 0 saturated carbocycles. The van der Waals surface area contributed by atoms with Gasteiger partial charge in [0.1, 0.15) is 11.5 Å². The molecule has 0 atom stereocenters. The molecule has 6 nitrogen and oxygen atoms in total. The summed E-state index contributed by atoms with van der Waals surface area (Å²) >= 11 is 0. The Morgan fingerprint density at radius 1 is 0.684 bits per heavy atom. The average molecular weight is 506 g/mol. The Labute approximate surface area is 223 Å². The molecule has 4 aromatic carbocycles. The highest BCUT2D eigenvalue weighted by molar-refractivity contribution is 6.07. The Balaban J connectivity index is 1.53. The van der Waals surface area contributed by atoms with Crippen LogP contribution >= 0.6 is 0 Å². The smallest absolute Gasteiger partial charge is 0.262 e. The number of anilines is 3. The monoisotopic (exact) mass is 505 g/mol. The first-order valence-corrected chi connectivity index (χ1v) is 12.6. The lowest BCUT2D eigenvalue weighted by Gasteiger charge is -2.40. The van der Waals surface area contributed by atoms with Crippen molar-refractivity contribution < 1.29 is 14.3 Å². The van der Waals surface area contributed by atoms with Gasteiger partial charge in [-0.2, -0.15) is 0 Å². The lowest BCUT2D eigenvalue weighted by molar-refractivity contribution is 0.0997.